The van der Waals surface area contributed by atoms with Crippen LogP contribution in [-0.4, -0.2) is 17.8 Å². The topological polar surface area (TPSA) is 32.3 Å². The van der Waals surface area contributed by atoms with Crippen LogP contribution in [0, 0.1) is 0 Å². The molecule has 0 fully saturated rings. The fourth-order valence-electron chi connectivity index (χ4n) is 2.89. The largest absolute Gasteiger partial charge is 0.393 e. The molecule has 3 atom stereocenters. The van der Waals surface area contributed by atoms with Crippen LogP contribution in [0.2, 0.25) is 0 Å². The highest BCUT2D eigenvalue weighted by Gasteiger charge is 2.23. The zero-order valence-corrected chi connectivity index (χ0v) is 11.5. The van der Waals surface area contributed by atoms with E-state index in [9.17, 15) is 5.11 Å². The Labute approximate surface area is 110 Å². The van der Waals surface area contributed by atoms with Crippen molar-refractivity contribution in [2.75, 3.05) is 6.54 Å². The predicted molar refractivity (Wildman–Crippen MR) is 75.7 cm³/mol. The van der Waals surface area contributed by atoms with E-state index in [0.717, 1.165) is 19.4 Å². The highest BCUT2D eigenvalue weighted by Crippen LogP contribution is 2.36. The third-order valence-electron chi connectivity index (χ3n) is 3.98. The number of hydrogen-bond acceptors (Lipinski definition) is 2. The Morgan fingerprint density at radius 2 is 2.00 bits per heavy atom. The van der Waals surface area contributed by atoms with Crippen molar-refractivity contribution in [2.45, 2.75) is 57.6 Å². The SMILES string of the molecule is CC(O)CCCNC1CCC(C)c2ccccc21. The van der Waals surface area contributed by atoms with E-state index in [0.29, 0.717) is 12.0 Å². The van der Waals surface area contributed by atoms with E-state index in [-0.39, 0.29) is 6.10 Å². The lowest BCUT2D eigenvalue weighted by Crippen LogP contribution is -2.27. The van der Waals surface area contributed by atoms with E-state index in [1.54, 1.807) is 0 Å². The maximum Gasteiger partial charge on any atom is 0.0512 e. The average molecular weight is 247 g/mol. The summed E-state index contributed by atoms with van der Waals surface area (Å²) in [4.78, 5) is 0. The van der Waals surface area contributed by atoms with E-state index in [1.807, 2.05) is 6.92 Å². The van der Waals surface area contributed by atoms with Gasteiger partial charge in [0.2, 0.25) is 0 Å². The summed E-state index contributed by atoms with van der Waals surface area (Å²) in [6.45, 7) is 5.18. The summed E-state index contributed by atoms with van der Waals surface area (Å²) >= 11 is 0. The molecule has 1 aliphatic rings. The van der Waals surface area contributed by atoms with Gasteiger partial charge in [-0.2, -0.15) is 0 Å². The summed E-state index contributed by atoms with van der Waals surface area (Å²) < 4.78 is 0. The standard InChI is InChI=1S/C16H25NO/c1-12-9-10-16(17-11-5-6-13(2)18)15-8-4-3-7-14(12)15/h3-4,7-8,12-13,16-18H,5-6,9-11H2,1-2H3. The Bertz CT molecular complexity index is 375. The first-order valence-corrected chi connectivity index (χ1v) is 7.18. The lowest BCUT2D eigenvalue weighted by Gasteiger charge is -2.30. The summed E-state index contributed by atoms with van der Waals surface area (Å²) in [5.41, 5.74) is 2.99. The quantitative estimate of drug-likeness (QED) is 0.782. The van der Waals surface area contributed by atoms with Crippen molar-refractivity contribution in [2.24, 2.45) is 0 Å². The van der Waals surface area contributed by atoms with Crippen molar-refractivity contribution < 1.29 is 5.11 Å². The van der Waals surface area contributed by atoms with Gasteiger partial charge in [0.15, 0.2) is 0 Å². The van der Waals surface area contributed by atoms with Gasteiger partial charge < -0.3 is 10.4 Å². The molecule has 2 heteroatoms. The van der Waals surface area contributed by atoms with Gasteiger partial charge in [0.25, 0.3) is 0 Å². The smallest absolute Gasteiger partial charge is 0.0512 e. The zero-order valence-electron chi connectivity index (χ0n) is 11.5. The molecule has 1 aromatic carbocycles. The lowest BCUT2D eigenvalue weighted by molar-refractivity contribution is 0.180. The van der Waals surface area contributed by atoms with Crippen LogP contribution in [-0.2, 0) is 0 Å². The van der Waals surface area contributed by atoms with E-state index in [4.69, 9.17) is 0 Å². The van der Waals surface area contributed by atoms with Crippen LogP contribution in [0.1, 0.15) is 62.6 Å². The zero-order chi connectivity index (χ0) is 13.0. The molecule has 1 aromatic rings. The first kappa shape index (κ1) is 13.6. The second-order valence-corrected chi connectivity index (χ2v) is 5.61. The molecule has 1 aliphatic carbocycles. The highest BCUT2D eigenvalue weighted by molar-refractivity contribution is 5.34. The minimum atomic E-state index is -0.175. The average Bonchev–Trinajstić information content (AvgIpc) is 2.37. The molecule has 0 heterocycles. The first-order chi connectivity index (χ1) is 8.68. The molecule has 0 amide bonds. The van der Waals surface area contributed by atoms with Crippen LogP contribution in [0.15, 0.2) is 24.3 Å². The summed E-state index contributed by atoms with van der Waals surface area (Å²) in [5, 5.41) is 12.9. The number of aliphatic hydroxyl groups excluding tert-OH is 1. The van der Waals surface area contributed by atoms with Gasteiger partial charge >= 0.3 is 0 Å². The molecule has 0 aromatic heterocycles. The molecule has 2 rings (SSSR count). The molecule has 0 bridgehead atoms. The monoisotopic (exact) mass is 247 g/mol. The predicted octanol–water partition coefficient (Wildman–Crippen LogP) is 3.38. The molecule has 0 saturated heterocycles. The van der Waals surface area contributed by atoms with Crippen LogP contribution >= 0.6 is 0 Å². The van der Waals surface area contributed by atoms with Crippen molar-refractivity contribution >= 4 is 0 Å². The summed E-state index contributed by atoms with van der Waals surface area (Å²) in [5.74, 6) is 0.691. The number of rotatable bonds is 5. The summed E-state index contributed by atoms with van der Waals surface area (Å²) in [6.07, 6.45) is 4.26. The molecule has 0 aliphatic heterocycles. The van der Waals surface area contributed by atoms with Crippen molar-refractivity contribution in [1.29, 1.82) is 0 Å². The Morgan fingerprint density at radius 3 is 2.72 bits per heavy atom. The van der Waals surface area contributed by atoms with E-state index >= 15 is 0 Å². The molecule has 100 valence electrons. The molecule has 0 radical (unpaired) electrons. The molecule has 18 heavy (non-hydrogen) atoms. The summed E-state index contributed by atoms with van der Waals surface area (Å²) in [6, 6.07) is 9.32. The van der Waals surface area contributed by atoms with Gasteiger partial charge in [-0.3, -0.25) is 0 Å². The van der Waals surface area contributed by atoms with Gasteiger partial charge in [-0.05, 0) is 56.2 Å². The van der Waals surface area contributed by atoms with Crippen LogP contribution < -0.4 is 5.32 Å². The number of fused-ring (bicyclic) bond motifs is 1. The Hall–Kier alpha value is -0.860. The maximum atomic E-state index is 9.25. The second-order valence-electron chi connectivity index (χ2n) is 5.61. The van der Waals surface area contributed by atoms with Gasteiger partial charge in [0.05, 0.1) is 6.10 Å². The van der Waals surface area contributed by atoms with E-state index in [2.05, 4.69) is 36.5 Å². The third kappa shape index (κ3) is 3.33. The Balaban J connectivity index is 1.92. The van der Waals surface area contributed by atoms with Gasteiger partial charge in [-0.1, -0.05) is 31.2 Å². The number of benzene rings is 1. The van der Waals surface area contributed by atoms with Gasteiger partial charge in [-0.15, -0.1) is 0 Å². The number of nitrogens with one attached hydrogen (secondary N) is 1. The van der Waals surface area contributed by atoms with Gasteiger partial charge in [0, 0.05) is 6.04 Å². The minimum absolute atomic E-state index is 0.175. The van der Waals surface area contributed by atoms with Crippen LogP contribution in [0.25, 0.3) is 0 Å². The summed E-state index contributed by atoms with van der Waals surface area (Å²) in [7, 11) is 0. The van der Waals surface area contributed by atoms with E-state index in [1.165, 1.54) is 24.0 Å². The fraction of sp³-hybridized carbons (Fsp3) is 0.625. The third-order valence-corrected chi connectivity index (χ3v) is 3.98. The first-order valence-electron chi connectivity index (χ1n) is 7.18. The number of hydrogen-bond donors (Lipinski definition) is 2. The molecule has 3 unspecified atom stereocenters. The van der Waals surface area contributed by atoms with Gasteiger partial charge in [-0.25, -0.2) is 0 Å². The normalized spacial score (nSPS) is 24.6. The maximum absolute atomic E-state index is 9.25. The second kappa shape index (κ2) is 6.35. The van der Waals surface area contributed by atoms with Crippen LogP contribution in [0.3, 0.4) is 0 Å². The Kier molecular flexibility index (Phi) is 4.79. The molecule has 0 saturated carbocycles. The van der Waals surface area contributed by atoms with Crippen LogP contribution in [0.5, 0.6) is 0 Å². The van der Waals surface area contributed by atoms with Crippen LogP contribution in [0.4, 0.5) is 0 Å². The fourth-order valence-corrected chi connectivity index (χ4v) is 2.89. The van der Waals surface area contributed by atoms with Gasteiger partial charge in [0.1, 0.15) is 0 Å². The highest BCUT2D eigenvalue weighted by atomic mass is 16.3. The molecule has 2 nitrogen and oxygen atoms in total. The molecule has 2 N–H and O–H groups in total. The van der Waals surface area contributed by atoms with Crippen molar-refractivity contribution in [3.05, 3.63) is 35.4 Å². The molecular weight excluding hydrogens is 222 g/mol. The van der Waals surface area contributed by atoms with Crippen molar-refractivity contribution in [3.63, 3.8) is 0 Å². The van der Waals surface area contributed by atoms with Crippen molar-refractivity contribution in [1.82, 2.24) is 5.32 Å². The van der Waals surface area contributed by atoms with E-state index < -0.39 is 0 Å². The minimum Gasteiger partial charge on any atom is -0.393 e. The molecular formula is C16H25NO. The molecule has 0 spiro atoms. The number of aliphatic hydroxyl groups is 1. The van der Waals surface area contributed by atoms with Crippen molar-refractivity contribution in [3.8, 4) is 0 Å². The lowest BCUT2D eigenvalue weighted by atomic mass is 9.81. The Morgan fingerprint density at radius 1 is 1.28 bits per heavy atom.